The Morgan fingerprint density at radius 2 is 1.88 bits per heavy atom. The predicted molar refractivity (Wildman–Crippen MR) is 75.9 cm³/mol. The summed E-state index contributed by atoms with van der Waals surface area (Å²) >= 11 is 6.87. The molecule has 0 radical (unpaired) electrons. The zero-order valence-electron chi connectivity index (χ0n) is 9.81. The molecule has 0 aliphatic rings. The van der Waals surface area contributed by atoms with E-state index in [-0.39, 0.29) is 0 Å². The van der Waals surface area contributed by atoms with Gasteiger partial charge in [0.15, 0.2) is 4.77 Å². The Bertz CT molecular complexity index is 544. The van der Waals surface area contributed by atoms with Crippen molar-refractivity contribution >= 4 is 24.0 Å². The van der Waals surface area contributed by atoms with E-state index in [1.54, 1.807) is 6.20 Å². The van der Waals surface area contributed by atoms with Crippen molar-refractivity contribution in [1.29, 1.82) is 0 Å². The minimum Gasteiger partial charge on any atom is -0.330 e. The number of rotatable bonds is 3. The predicted octanol–water partition coefficient (Wildman–Crippen LogP) is 4.31. The van der Waals surface area contributed by atoms with E-state index in [4.69, 9.17) is 12.2 Å². The van der Waals surface area contributed by atoms with Gasteiger partial charge < -0.3 is 4.98 Å². The van der Waals surface area contributed by atoms with Gasteiger partial charge in [-0.25, -0.2) is 4.98 Å². The first-order chi connectivity index (χ1) is 8.15. The van der Waals surface area contributed by atoms with Gasteiger partial charge in [0.25, 0.3) is 0 Å². The van der Waals surface area contributed by atoms with Crippen LogP contribution in [-0.4, -0.2) is 15.2 Å². The Hall–Kier alpha value is -1.13. The normalized spacial score (nSPS) is 10.8. The maximum Gasteiger partial charge on any atom is 0.197 e. The third-order valence-electron chi connectivity index (χ3n) is 2.21. The van der Waals surface area contributed by atoms with Gasteiger partial charge in [0.05, 0.1) is 0 Å². The highest BCUT2D eigenvalue weighted by Crippen LogP contribution is 2.25. The number of H-pyrrole nitrogens is 1. The second kappa shape index (κ2) is 5.47. The van der Waals surface area contributed by atoms with Gasteiger partial charge in [-0.2, -0.15) is 0 Å². The van der Waals surface area contributed by atoms with Gasteiger partial charge in [0.1, 0.15) is 0 Å². The molecule has 0 aliphatic heterocycles. The summed E-state index contributed by atoms with van der Waals surface area (Å²) in [7, 11) is 0. The molecule has 0 saturated carbocycles. The first-order valence-electron chi connectivity index (χ1n) is 5.47. The number of thioether (sulfide) groups is 1. The summed E-state index contributed by atoms with van der Waals surface area (Å²) in [5.74, 6) is 0. The van der Waals surface area contributed by atoms with Crippen LogP contribution in [0.3, 0.4) is 0 Å². The van der Waals surface area contributed by atoms with E-state index < -0.39 is 0 Å². The molecular formula is C13H14N2S2. The van der Waals surface area contributed by atoms with Crippen LogP contribution in [-0.2, 0) is 0 Å². The molecule has 0 bridgehead atoms. The lowest BCUT2D eigenvalue weighted by Gasteiger charge is -2.06. The van der Waals surface area contributed by atoms with Gasteiger partial charge in [-0.15, -0.1) is 11.8 Å². The Balaban J connectivity index is 2.26. The molecule has 0 saturated heterocycles. The summed E-state index contributed by atoms with van der Waals surface area (Å²) in [6.45, 7) is 4.39. The van der Waals surface area contributed by atoms with Crippen LogP contribution in [0.15, 0.2) is 41.4 Å². The summed E-state index contributed by atoms with van der Waals surface area (Å²) < 4.78 is 0.517. The standard InChI is InChI=1S/C13H14N2S2/c1-9(2)17-11-5-3-10(4-6-11)12-7-8-14-13(16)15-12/h3-9H,1-2H3,(H,14,15,16). The second-order valence-corrected chi connectivity index (χ2v) is 6.02. The molecule has 1 N–H and O–H groups in total. The van der Waals surface area contributed by atoms with Crippen LogP contribution in [0.2, 0.25) is 0 Å². The molecule has 0 unspecified atom stereocenters. The second-order valence-electron chi connectivity index (χ2n) is 3.98. The number of hydrogen-bond donors (Lipinski definition) is 1. The Morgan fingerprint density at radius 3 is 2.47 bits per heavy atom. The largest absolute Gasteiger partial charge is 0.330 e. The zero-order chi connectivity index (χ0) is 12.3. The average molecular weight is 262 g/mol. The molecule has 1 aromatic carbocycles. The monoisotopic (exact) mass is 262 g/mol. The van der Waals surface area contributed by atoms with Crippen LogP contribution in [0.4, 0.5) is 0 Å². The van der Waals surface area contributed by atoms with Gasteiger partial charge in [0, 0.05) is 22.0 Å². The molecule has 0 aliphatic carbocycles. The van der Waals surface area contributed by atoms with Crippen LogP contribution >= 0.6 is 24.0 Å². The summed E-state index contributed by atoms with van der Waals surface area (Å²) in [5, 5.41) is 0.604. The van der Waals surface area contributed by atoms with Crippen LogP contribution in [0.1, 0.15) is 13.8 Å². The first kappa shape index (κ1) is 12.3. The van der Waals surface area contributed by atoms with Crippen molar-refractivity contribution in [3.63, 3.8) is 0 Å². The van der Waals surface area contributed by atoms with Crippen LogP contribution in [0, 0.1) is 4.77 Å². The van der Waals surface area contributed by atoms with E-state index >= 15 is 0 Å². The van der Waals surface area contributed by atoms with E-state index in [1.165, 1.54) is 4.90 Å². The van der Waals surface area contributed by atoms with Crippen LogP contribution < -0.4 is 0 Å². The first-order valence-corrected chi connectivity index (χ1v) is 6.76. The number of aromatic nitrogens is 2. The number of nitrogens with zero attached hydrogens (tertiary/aromatic N) is 1. The van der Waals surface area contributed by atoms with Gasteiger partial charge in [-0.1, -0.05) is 26.0 Å². The maximum absolute atomic E-state index is 5.01. The molecule has 1 aromatic heterocycles. The third kappa shape index (κ3) is 3.41. The lowest BCUT2D eigenvalue weighted by atomic mass is 10.1. The highest BCUT2D eigenvalue weighted by Gasteiger charge is 2.00. The van der Waals surface area contributed by atoms with Gasteiger partial charge in [0.2, 0.25) is 0 Å². The molecule has 1 heterocycles. The van der Waals surface area contributed by atoms with Crippen molar-refractivity contribution < 1.29 is 0 Å². The van der Waals surface area contributed by atoms with Gasteiger partial charge in [-0.05, 0) is 36.0 Å². The van der Waals surface area contributed by atoms with Crippen LogP contribution in [0.25, 0.3) is 11.3 Å². The quantitative estimate of drug-likeness (QED) is 0.660. The van der Waals surface area contributed by atoms with Crippen molar-refractivity contribution in [1.82, 2.24) is 9.97 Å². The van der Waals surface area contributed by atoms with Crippen molar-refractivity contribution in [2.45, 2.75) is 24.0 Å². The van der Waals surface area contributed by atoms with E-state index in [0.717, 1.165) is 11.3 Å². The van der Waals surface area contributed by atoms with Crippen molar-refractivity contribution in [2.24, 2.45) is 0 Å². The maximum atomic E-state index is 5.01. The topological polar surface area (TPSA) is 28.7 Å². The minimum absolute atomic E-state index is 0.517. The highest BCUT2D eigenvalue weighted by atomic mass is 32.2. The van der Waals surface area contributed by atoms with Crippen molar-refractivity contribution in [3.05, 3.63) is 41.3 Å². The molecular weight excluding hydrogens is 248 g/mol. The number of hydrogen-bond acceptors (Lipinski definition) is 3. The summed E-state index contributed by atoms with van der Waals surface area (Å²) in [6.07, 6.45) is 1.73. The molecule has 2 rings (SSSR count). The molecule has 88 valence electrons. The van der Waals surface area contributed by atoms with Crippen molar-refractivity contribution in [2.75, 3.05) is 0 Å². The Labute approximate surface area is 111 Å². The van der Waals surface area contributed by atoms with Gasteiger partial charge in [-0.3, -0.25) is 0 Å². The molecule has 4 heteroatoms. The Kier molecular flexibility index (Phi) is 3.97. The molecule has 0 fully saturated rings. The Morgan fingerprint density at radius 1 is 1.18 bits per heavy atom. The fourth-order valence-electron chi connectivity index (χ4n) is 1.52. The summed E-state index contributed by atoms with van der Waals surface area (Å²) in [5.41, 5.74) is 2.14. The van der Waals surface area contributed by atoms with Gasteiger partial charge >= 0.3 is 0 Å². The smallest absolute Gasteiger partial charge is 0.197 e. The van der Waals surface area contributed by atoms with Crippen LogP contribution in [0.5, 0.6) is 0 Å². The molecule has 0 atom stereocenters. The van der Waals surface area contributed by atoms with E-state index in [9.17, 15) is 0 Å². The van der Waals surface area contributed by atoms with Crippen molar-refractivity contribution in [3.8, 4) is 11.3 Å². The number of aromatic amines is 1. The lowest BCUT2D eigenvalue weighted by Crippen LogP contribution is -1.88. The molecule has 2 aromatic rings. The number of benzene rings is 1. The van der Waals surface area contributed by atoms with E-state index in [0.29, 0.717) is 10.0 Å². The average Bonchev–Trinajstić information content (AvgIpc) is 2.29. The fourth-order valence-corrected chi connectivity index (χ4v) is 2.53. The molecule has 0 spiro atoms. The number of nitrogens with one attached hydrogen (secondary N) is 1. The zero-order valence-corrected chi connectivity index (χ0v) is 11.4. The SMILES string of the molecule is CC(C)Sc1ccc(-c2ccnc(=S)[nH]2)cc1. The lowest BCUT2D eigenvalue weighted by molar-refractivity contribution is 1.11. The molecule has 2 nitrogen and oxygen atoms in total. The summed E-state index contributed by atoms with van der Waals surface area (Å²) in [4.78, 5) is 8.35. The third-order valence-corrected chi connectivity index (χ3v) is 3.43. The van der Waals surface area contributed by atoms with E-state index in [2.05, 4.69) is 48.1 Å². The minimum atomic E-state index is 0.517. The molecule has 0 amide bonds. The highest BCUT2D eigenvalue weighted by molar-refractivity contribution is 7.99. The molecule has 17 heavy (non-hydrogen) atoms. The summed E-state index contributed by atoms with van der Waals surface area (Å²) in [6, 6.07) is 10.4. The fraction of sp³-hybridized carbons (Fsp3) is 0.231. The van der Waals surface area contributed by atoms with E-state index in [1.807, 2.05) is 17.8 Å².